The lowest BCUT2D eigenvalue weighted by Gasteiger charge is -2.12. The van der Waals surface area contributed by atoms with Crippen molar-refractivity contribution in [1.82, 2.24) is 4.98 Å². The number of hydrogen-bond donors (Lipinski definition) is 2. The smallest absolute Gasteiger partial charge is 0.143 e. The second-order valence-corrected chi connectivity index (χ2v) is 3.59. The van der Waals surface area contributed by atoms with Crippen LogP contribution in [0, 0.1) is 11.3 Å². The van der Waals surface area contributed by atoms with Crippen LogP contribution in [0.1, 0.15) is 5.56 Å². The number of nitrogens with zero attached hydrogens (tertiary/aromatic N) is 2. The van der Waals surface area contributed by atoms with Gasteiger partial charge in [0.25, 0.3) is 0 Å². The monoisotopic (exact) mass is 240 g/mol. The van der Waals surface area contributed by atoms with Gasteiger partial charge in [0.15, 0.2) is 0 Å². The number of nitrogens with one attached hydrogen (secondary N) is 1. The number of hydrogen-bond acceptors (Lipinski definition) is 5. The van der Waals surface area contributed by atoms with Crippen LogP contribution in [0.3, 0.4) is 0 Å². The van der Waals surface area contributed by atoms with Crippen molar-refractivity contribution in [3.63, 3.8) is 0 Å². The predicted molar refractivity (Wildman–Crippen MR) is 69.6 cm³/mol. The van der Waals surface area contributed by atoms with Crippen LogP contribution in [0.2, 0.25) is 0 Å². The van der Waals surface area contributed by atoms with Crippen LogP contribution in [0.4, 0.5) is 17.2 Å². The van der Waals surface area contributed by atoms with Crippen LogP contribution in [0.25, 0.3) is 0 Å². The SMILES string of the molecule is COc1cccc(C#N)c1Nc1ccnc(N)c1. The third-order valence-corrected chi connectivity index (χ3v) is 2.42. The second-order valence-electron chi connectivity index (χ2n) is 3.59. The van der Waals surface area contributed by atoms with E-state index in [4.69, 9.17) is 15.7 Å². The maximum Gasteiger partial charge on any atom is 0.143 e. The summed E-state index contributed by atoms with van der Waals surface area (Å²) in [5, 5.41) is 12.2. The first-order chi connectivity index (χ1) is 8.74. The standard InChI is InChI=1S/C13H12N4O/c1-18-11-4-2-3-9(8-14)13(11)17-10-5-6-16-12(15)7-10/h2-7H,1H3,(H3,15,16,17). The van der Waals surface area contributed by atoms with Crippen LogP contribution in [0.5, 0.6) is 5.75 Å². The number of nitrogens with two attached hydrogens (primary N) is 1. The van der Waals surface area contributed by atoms with Crippen molar-refractivity contribution in [1.29, 1.82) is 5.26 Å². The fourth-order valence-corrected chi connectivity index (χ4v) is 1.59. The minimum absolute atomic E-state index is 0.411. The Bertz CT molecular complexity index is 604. The summed E-state index contributed by atoms with van der Waals surface area (Å²) in [5.74, 6) is 1.01. The predicted octanol–water partition coefficient (Wildman–Crippen LogP) is 2.29. The van der Waals surface area contributed by atoms with E-state index in [1.807, 2.05) is 0 Å². The van der Waals surface area contributed by atoms with Crippen LogP contribution >= 0.6 is 0 Å². The maximum absolute atomic E-state index is 9.09. The van der Waals surface area contributed by atoms with Crippen molar-refractivity contribution < 1.29 is 4.74 Å². The Labute approximate surface area is 105 Å². The van der Waals surface area contributed by atoms with Gasteiger partial charge < -0.3 is 15.8 Å². The Morgan fingerprint density at radius 3 is 2.89 bits per heavy atom. The summed E-state index contributed by atoms with van der Waals surface area (Å²) in [7, 11) is 1.56. The van der Waals surface area contributed by atoms with Crippen LogP contribution in [-0.4, -0.2) is 12.1 Å². The molecule has 3 N–H and O–H groups in total. The zero-order valence-electron chi connectivity index (χ0n) is 9.84. The highest BCUT2D eigenvalue weighted by molar-refractivity contribution is 5.73. The highest BCUT2D eigenvalue weighted by atomic mass is 16.5. The molecule has 0 aliphatic rings. The Kier molecular flexibility index (Phi) is 3.30. The molecular weight excluding hydrogens is 228 g/mol. The van der Waals surface area contributed by atoms with E-state index in [-0.39, 0.29) is 0 Å². The molecule has 0 fully saturated rings. The summed E-state index contributed by atoms with van der Waals surface area (Å²) in [5.41, 5.74) is 7.48. The van der Waals surface area contributed by atoms with Crippen molar-refractivity contribution in [2.75, 3.05) is 18.2 Å². The number of ether oxygens (including phenoxy) is 1. The number of para-hydroxylation sites is 1. The molecule has 0 spiro atoms. The number of rotatable bonds is 3. The van der Waals surface area contributed by atoms with Gasteiger partial charge in [-0.05, 0) is 18.2 Å². The highest BCUT2D eigenvalue weighted by Gasteiger charge is 2.09. The Balaban J connectivity index is 2.42. The Morgan fingerprint density at radius 2 is 2.22 bits per heavy atom. The number of anilines is 3. The summed E-state index contributed by atoms with van der Waals surface area (Å²) in [6.45, 7) is 0. The molecule has 1 aromatic carbocycles. The van der Waals surface area contributed by atoms with Crippen molar-refractivity contribution in [3.8, 4) is 11.8 Å². The van der Waals surface area contributed by atoms with Crippen LogP contribution in [-0.2, 0) is 0 Å². The van der Waals surface area contributed by atoms with E-state index < -0.39 is 0 Å². The molecule has 0 atom stereocenters. The molecule has 90 valence electrons. The minimum Gasteiger partial charge on any atom is -0.495 e. The van der Waals surface area contributed by atoms with Gasteiger partial charge in [0.2, 0.25) is 0 Å². The van der Waals surface area contributed by atoms with Crippen molar-refractivity contribution >= 4 is 17.2 Å². The third-order valence-electron chi connectivity index (χ3n) is 2.42. The average Bonchev–Trinajstić information content (AvgIpc) is 2.39. The number of nitriles is 1. The molecule has 5 heteroatoms. The normalized spacial score (nSPS) is 9.56. The first-order valence-electron chi connectivity index (χ1n) is 5.30. The molecule has 0 radical (unpaired) electrons. The number of pyridine rings is 1. The molecule has 0 unspecified atom stereocenters. The summed E-state index contributed by atoms with van der Waals surface area (Å²) < 4.78 is 5.23. The van der Waals surface area contributed by atoms with Gasteiger partial charge in [-0.15, -0.1) is 0 Å². The fourth-order valence-electron chi connectivity index (χ4n) is 1.59. The summed E-state index contributed by atoms with van der Waals surface area (Å²) >= 11 is 0. The van der Waals surface area contributed by atoms with Crippen LogP contribution < -0.4 is 15.8 Å². The van der Waals surface area contributed by atoms with Gasteiger partial charge in [0.05, 0.1) is 18.4 Å². The molecule has 0 aliphatic heterocycles. The molecule has 2 aromatic rings. The first-order valence-corrected chi connectivity index (χ1v) is 5.30. The number of methoxy groups -OCH3 is 1. The molecule has 5 nitrogen and oxygen atoms in total. The zero-order chi connectivity index (χ0) is 13.0. The van der Waals surface area contributed by atoms with Gasteiger partial charge >= 0.3 is 0 Å². The van der Waals surface area contributed by atoms with Crippen LogP contribution in [0.15, 0.2) is 36.5 Å². The second kappa shape index (κ2) is 5.06. The van der Waals surface area contributed by atoms with E-state index in [1.165, 1.54) is 0 Å². The Morgan fingerprint density at radius 1 is 1.39 bits per heavy atom. The van der Waals surface area contributed by atoms with Crippen molar-refractivity contribution in [2.45, 2.75) is 0 Å². The summed E-state index contributed by atoms with van der Waals surface area (Å²) in [6, 6.07) is 10.8. The van der Waals surface area contributed by atoms with E-state index in [0.717, 1.165) is 5.69 Å². The Hall–Kier alpha value is -2.74. The van der Waals surface area contributed by atoms with Crippen molar-refractivity contribution in [2.24, 2.45) is 0 Å². The largest absolute Gasteiger partial charge is 0.495 e. The molecule has 0 saturated carbocycles. The summed E-state index contributed by atoms with van der Waals surface area (Å²) in [6.07, 6.45) is 1.60. The van der Waals surface area contributed by atoms with Gasteiger partial charge in [-0.3, -0.25) is 0 Å². The molecule has 1 heterocycles. The van der Waals surface area contributed by atoms with E-state index in [0.29, 0.717) is 22.8 Å². The lowest BCUT2D eigenvalue weighted by molar-refractivity contribution is 0.416. The quantitative estimate of drug-likeness (QED) is 0.859. The number of benzene rings is 1. The molecule has 0 bridgehead atoms. The highest BCUT2D eigenvalue weighted by Crippen LogP contribution is 2.30. The van der Waals surface area contributed by atoms with E-state index >= 15 is 0 Å². The van der Waals surface area contributed by atoms with E-state index in [1.54, 1.807) is 43.6 Å². The van der Waals surface area contributed by atoms with Gasteiger partial charge in [-0.1, -0.05) is 6.07 Å². The minimum atomic E-state index is 0.411. The summed E-state index contributed by atoms with van der Waals surface area (Å²) in [4.78, 5) is 3.91. The average molecular weight is 240 g/mol. The molecule has 0 aliphatic carbocycles. The zero-order valence-corrected chi connectivity index (χ0v) is 9.84. The van der Waals surface area contributed by atoms with Crippen molar-refractivity contribution in [3.05, 3.63) is 42.1 Å². The molecule has 18 heavy (non-hydrogen) atoms. The number of nitrogen functional groups attached to an aromatic ring is 1. The topological polar surface area (TPSA) is 84.0 Å². The number of aromatic nitrogens is 1. The molecule has 0 saturated heterocycles. The van der Waals surface area contributed by atoms with E-state index in [9.17, 15) is 0 Å². The van der Waals surface area contributed by atoms with Gasteiger partial charge in [-0.25, -0.2) is 4.98 Å². The van der Waals surface area contributed by atoms with Gasteiger partial charge in [0, 0.05) is 18.0 Å². The fraction of sp³-hybridized carbons (Fsp3) is 0.0769. The maximum atomic E-state index is 9.09. The van der Waals surface area contributed by atoms with Gasteiger partial charge in [0.1, 0.15) is 17.6 Å². The molecule has 1 aromatic heterocycles. The lowest BCUT2D eigenvalue weighted by Crippen LogP contribution is -1.99. The lowest BCUT2D eigenvalue weighted by atomic mass is 10.1. The molecular formula is C13H12N4O. The molecule has 2 rings (SSSR count). The first kappa shape index (κ1) is 11.7. The molecule has 0 amide bonds. The van der Waals surface area contributed by atoms with Gasteiger partial charge in [-0.2, -0.15) is 5.26 Å². The van der Waals surface area contributed by atoms with E-state index in [2.05, 4.69) is 16.4 Å². The third kappa shape index (κ3) is 2.33.